The van der Waals surface area contributed by atoms with Gasteiger partial charge in [0.2, 0.25) is 0 Å². The maximum absolute atomic E-state index is 11.9. The number of hydrogen-bond donors (Lipinski definition) is 3. The van der Waals surface area contributed by atoms with Crippen molar-refractivity contribution in [2.24, 2.45) is 0 Å². The molecule has 0 aromatic heterocycles. The van der Waals surface area contributed by atoms with Gasteiger partial charge in [0.15, 0.2) is 0 Å². The average Bonchev–Trinajstić information content (AvgIpc) is 2.60. The zero-order valence-electron chi connectivity index (χ0n) is 13.9. The highest BCUT2D eigenvalue weighted by atomic mass is 16.5. The quantitative estimate of drug-likeness (QED) is 0.614. The van der Waals surface area contributed by atoms with E-state index in [0.717, 1.165) is 11.3 Å². The van der Waals surface area contributed by atoms with Crippen LogP contribution in [0.25, 0.3) is 0 Å². The van der Waals surface area contributed by atoms with Crippen molar-refractivity contribution in [3.63, 3.8) is 0 Å². The smallest absolute Gasteiger partial charge is 0.251 e. The molecule has 5 nitrogen and oxygen atoms in total. The molecule has 2 rings (SSSR count). The summed E-state index contributed by atoms with van der Waals surface area (Å²) in [7, 11) is 0. The summed E-state index contributed by atoms with van der Waals surface area (Å²) in [6, 6.07) is 16.8. The molecule has 128 valence electrons. The van der Waals surface area contributed by atoms with Crippen molar-refractivity contribution in [2.45, 2.75) is 13.0 Å². The van der Waals surface area contributed by atoms with Gasteiger partial charge in [0, 0.05) is 25.2 Å². The maximum Gasteiger partial charge on any atom is 0.251 e. The van der Waals surface area contributed by atoms with Crippen LogP contribution in [0.5, 0.6) is 5.75 Å². The first-order chi connectivity index (χ1) is 11.6. The van der Waals surface area contributed by atoms with Gasteiger partial charge in [-0.05, 0) is 31.2 Å². The minimum Gasteiger partial charge on any atom is -0.491 e. The number of aliphatic hydroxyl groups excluding tert-OH is 1. The van der Waals surface area contributed by atoms with E-state index in [-0.39, 0.29) is 12.5 Å². The molecule has 1 amide bonds. The first kappa shape index (κ1) is 18.0. The van der Waals surface area contributed by atoms with Crippen molar-refractivity contribution in [2.75, 3.05) is 26.2 Å². The van der Waals surface area contributed by atoms with Crippen LogP contribution in [0.15, 0.2) is 54.6 Å². The van der Waals surface area contributed by atoms with Gasteiger partial charge < -0.3 is 20.5 Å². The molecule has 0 saturated carbocycles. The first-order valence-corrected chi connectivity index (χ1v) is 8.06. The Hall–Kier alpha value is -2.37. The minimum atomic E-state index is -0.599. The van der Waals surface area contributed by atoms with E-state index < -0.39 is 6.10 Å². The number of hydrogen-bond acceptors (Lipinski definition) is 4. The monoisotopic (exact) mass is 328 g/mol. The Balaban J connectivity index is 1.56. The molecule has 0 fully saturated rings. The Kier molecular flexibility index (Phi) is 7.26. The number of carbonyl (C=O) groups excluding carboxylic acids is 1. The molecule has 0 radical (unpaired) electrons. The fourth-order valence-electron chi connectivity index (χ4n) is 2.19. The van der Waals surface area contributed by atoms with Crippen LogP contribution in [0.3, 0.4) is 0 Å². The highest BCUT2D eigenvalue weighted by molar-refractivity contribution is 5.94. The molecular formula is C19H24N2O3. The summed E-state index contributed by atoms with van der Waals surface area (Å²) in [5.41, 5.74) is 1.72. The Bertz CT molecular complexity index is 632. The summed E-state index contributed by atoms with van der Waals surface area (Å²) in [5.74, 6) is 0.649. The molecule has 1 unspecified atom stereocenters. The van der Waals surface area contributed by atoms with Gasteiger partial charge in [-0.1, -0.05) is 35.9 Å². The molecule has 0 bridgehead atoms. The van der Waals surface area contributed by atoms with Crippen LogP contribution >= 0.6 is 0 Å². The Morgan fingerprint density at radius 3 is 2.67 bits per heavy atom. The van der Waals surface area contributed by atoms with Crippen molar-refractivity contribution < 1.29 is 14.6 Å². The Morgan fingerprint density at radius 1 is 1.12 bits per heavy atom. The molecular weight excluding hydrogens is 304 g/mol. The van der Waals surface area contributed by atoms with Crippen molar-refractivity contribution >= 4 is 5.91 Å². The van der Waals surface area contributed by atoms with Gasteiger partial charge in [0.1, 0.15) is 18.5 Å². The zero-order valence-corrected chi connectivity index (χ0v) is 13.9. The highest BCUT2D eigenvalue weighted by Gasteiger charge is 2.06. The predicted octanol–water partition coefficient (Wildman–Crippen LogP) is 1.75. The lowest BCUT2D eigenvalue weighted by atomic mass is 10.1. The zero-order chi connectivity index (χ0) is 17.2. The van der Waals surface area contributed by atoms with Gasteiger partial charge in [0.05, 0.1) is 0 Å². The number of nitrogens with one attached hydrogen (secondary N) is 2. The summed E-state index contributed by atoms with van der Waals surface area (Å²) in [6.45, 7) is 3.68. The number of para-hydroxylation sites is 1. The normalized spacial score (nSPS) is 11.8. The summed E-state index contributed by atoms with van der Waals surface area (Å²) in [6.07, 6.45) is -0.599. The van der Waals surface area contributed by atoms with Gasteiger partial charge in [-0.25, -0.2) is 0 Å². The molecule has 24 heavy (non-hydrogen) atoms. The van der Waals surface area contributed by atoms with Crippen molar-refractivity contribution in [1.29, 1.82) is 0 Å². The number of benzene rings is 2. The van der Waals surface area contributed by atoms with Crippen LogP contribution < -0.4 is 15.4 Å². The minimum absolute atomic E-state index is 0.0894. The summed E-state index contributed by atoms with van der Waals surface area (Å²) in [4.78, 5) is 11.9. The molecule has 0 aliphatic rings. The molecule has 5 heteroatoms. The molecule has 0 spiro atoms. The molecule has 0 aliphatic carbocycles. The van der Waals surface area contributed by atoms with Gasteiger partial charge in [-0.15, -0.1) is 0 Å². The van der Waals surface area contributed by atoms with Crippen LogP contribution in [0, 0.1) is 6.92 Å². The number of rotatable bonds is 9. The second kappa shape index (κ2) is 9.70. The highest BCUT2D eigenvalue weighted by Crippen LogP contribution is 2.08. The van der Waals surface area contributed by atoms with Gasteiger partial charge in [-0.3, -0.25) is 4.79 Å². The SMILES string of the molecule is Cc1cccc(C(=O)NCCNCC(O)COc2ccccc2)c1. The first-order valence-electron chi connectivity index (χ1n) is 8.06. The molecule has 1 atom stereocenters. The van der Waals surface area contributed by atoms with E-state index in [0.29, 0.717) is 25.2 Å². The van der Waals surface area contributed by atoms with Gasteiger partial charge in [-0.2, -0.15) is 0 Å². The summed E-state index contributed by atoms with van der Waals surface area (Å²) in [5, 5.41) is 15.8. The number of ether oxygens (including phenoxy) is 1. The number of carbonyl (C=O) groups is 1. The standard InChI is InChI=1S/C19H24N2O3/c1-15-6-5-7-16(12-15)19(23)21-11-10-20-13-17(22)14-24-18-8-3-2-4-9-18/h2-9,12,17,20,22H,10-11,13-14H2,1H3,(H,21,23). The van der Waals surface area contributed by atoms with Crippen molar-refractivity contribution in [3.05, 3.63) is 65.7 Å². The third kappa shape index (κ3) is 6.40. The lowest BCUT2D eigenvalue weighted by molar-refractivity contribution is 0.0950. The van der Waals surface area contributed by atoms with Crippen LogP contribution in [-0.4, -0.2) is 43.4 Å². The van der Waals surface area contributed by atoms with Crippen LogP contribution in [-0.2, 0) is 0 Å². The van der Waals surface area contributed by atoms with Gasteiger partial charge in [0.25, 0.3) is 5.91 Å². The van der Waals surface area contributed by atoms with Crippen molar-refractivity contribution in [1.82, 2.24) is 10.6 Å². The van der Waals surface area contributed by atoms with Crippen LogP contribution in [0.1, 0.15) is 15.9 Å². The molecule has 3 N–H and O–H groups in total. The topological polar surface area (TPSA) is 70.6 Å². The lowest BCUT2D eigenvalue weighted by Gasteiger charge is -2.13. The van der Waals surface area contributed by atoms with E-state index in [4.69, 9.17) is 4.74 Å². The molecule has 2 aromatic rings. The molecule has 0 saturated heterocycles. The number of aryl methyl sites for hydroxylation is 1. The predicted molar refractivity (Wildman–Crippen MR) is 94.3 cm³/mol. The molecule has 0 heterocycles. The fourth-order valence-corrected chi connectivity index (χ4v) is 2.19. The van der Waals surface area contributed by atoms with E-state index in [2.05, 4.69) is 10.6 Å². The van der Waals surface area contributed by atoms with E-state index in [9.17, 15) is 9.90 Å². The molecule has 0 aliphatic heterocycles. The van der Waals surface area contributed by atoms with E-state index >= 15 is 0 Å². The number of amides is 1. The third-order valence-corrected chi connectivity index (χ3v) is 3.43. The van der Waals surface area contributed by atoms with Crippen LogP contribution in [0.2, 0.25) is 0 Å². The lowest BCUT2D eigenvalue weighted by Crippen LogP contribution is -2.37. The van der Waals surface area contributed by atoms with Gasteiger partial charge >= 0.3 is 0 Å². The van der Waals surface area contributed by atoms with E-state index in [1.165, 1.54) is 0 Å². The number of aliphatic hydroxyl groups is 1. The maximum atomic E-state index is 11.9. The van der Waals surface area contributed by atoms with Crippen LogP contribution in [0.4, 0.5) is 0 Å². The second-order valence-electron chi connectivity index (χ2n) is 5.61. The summed E-state index contributed by atoms with van der Waals surface area (Å²) >= 11 is 0. The Morgan fingerprint density at radius 2 is 1.92 bits per heavy atom. The third-order valence-electron chi connectivity index (χ3n) is 3.43. The molecule has 2 aromatic carbocycles. The average molecular weight is 328 g/mol. The van der Waals surface area contributed by atoms with E-state index in [1.807, 2.05) is 55.5 Å². The van der Waals surface area contributed by atoms with E-state index in [1.54, 1.807) is 6.07 Å². The Labute approximate surface area is 142 Å². The fraction of sp³-hybridized carbons (Fsp3) is 0.316. The second-order valence-corrected chi connectivity index (χ2v) is 5.61. The summed E-state index contributed by atoms with van der Waals surface area (Å²) < 4.78 is 5.47. The van der Waals surface area contributed by atoms with Crippen molar-refractivity contribution in [3.8, 4) is 5.75 Å². The largest absolute Gasteiger partial charge is 0.491 e.